The number of para-hydroxylation sites is 3. The molecule has 15 nitrogen and oxygen atoms in total. The summed E-state index contributed by atoms with van der Waals surface area (Å²) in [7, 11) is 0. The van der Waals surface area contributed by atoms with Crippen LogP contribution in [0.3, 0.4) is 0 Å². The summed E-state index contributed by atoms with van der Waals surface area (Å²) in [5.41, 5.74) is -0.0200. The quantitative estimate of drug-likeness (QED) is 0.0503. The topological polar surface area (TPSA) is 211 Å². The summed E-state index contributed by atoms with van der Waals surface area (Å²) >= 11 is 0. The van der Waals surface area contributed by atoms with Crippen LogP contribution < -0.4 is 14.7 Å². The van der Waals surface area contributed by atoms with Crippen LogP contribution in [-0.4, -0.2) is 54.9 Å². The molecule has 15 heteroatoms. The first kappa shape index (κ1) is 45.8. The van der Waals surface area contributed by atoms with Crippen LogP contribution in [0.4, 0.5) is 17.1 Å². The van der Waals surface area contributed by atoms with Crippen molar-refractivity contribution in [3.63, 3.8) is 0 Å². The summed E-state index contributed by atoms with van der Waals surface area (Å²) in [5, 5.41) is 29.1. The zero-order valence-electron chi connectivity index (χ0n) is 32.7. The van der Waals surface area contributed by atoms with Gasteiger partial charge in [-0.1, -0.05) is 54.6 Å². The lowest BCUT2D eigenvalue weighted by atomic mass is 10.2. The summed E-state index contributed by atoms with van der Waals surface area (Å²) in [5.74, 6) is -4.65. The fraction of sp³-hybridized carbons (Fsp3) is 0.133. The lowest BCUT2D eigenvalue weighted by Gasteiger charge is -2.18. The molecule has 0 unspecified atom stereocenters. The molecule has 302 valence electrons. The lowest BCUT2D eigenvalue weighted by molar-refractivity contribution is -0.161. The summed E-state index contributed by atoms with van der Waals surface area (Å²) in [6.07, 6.45) is 9.47. The highest BCUT2D eigenvalue weighted by atomic mass is 16.6. The molecule has 3 amide bonds. The normalized spacial score (nSPS) is 12.1. The third kappa shape index (κ3) is 14.5. The van der Waals surface area contributed by atoms with Crippen molar-refractivity contribution in [1.82, 2.24) is 0 Å². The maximum Gasteiger partial charge on any atom is 0.349 e. The van der Waals surface area contributed by atoms with E-state index in [4.69, 9.17) is 14.2 Å². The average Bonchev–Trinajstić information content (AvgIpc) is 3.25. The highest BCUT2D eigenvalue weighted by Gasteiger charge is 2.24. The zero-order chi connectivity index (χ0) is 43.9. The second-order valence-electron chi connectivity index (χ2n) is 12.0. The maximum absolute atomic E-state index is 13.2. The van der Waals surface area contributed by atoms with Crippen LogP contribution in [0.25, 0.3) is 0 Å². The Labute approximate surface area is 346 Å². The Bertz CT molecular complexity index is 2240. The minimum atomic E-state index is -1.58. The Morgan fingerprint density at radius 3 is 1.05 bits per heavy atom. The first-order chi connectivity index (χ1) is 28.9. The molecule has 0 atom stereocenters. The Morgan fingerprint density at radius 2 is 0.783 bits per heavy atom. The van der Waals surface area contributed by atoms with Gasteiger partial charge in [-0.15, -0.1) is 0 Å². The summed E-state index contributed by atoms with van der Waals surface area (Å²) in [6.45, 7) is 2.38. The highest BCUT2D eigenvalue weighted by molar-refractivity contribution is 5.97. The van der Waals surface area contributed by atoms with E-state index in [-0.39, 0.29) is 17.7 Å². The number of amides is 3. The van der Waals surface area contributed by atoms with Gasteiger partial charge in [0.15, 0.2) is 6.10 Å². The van der Waals surface area contributed by atoms with E-state index >= 15 is 0 Å². The first-order valence-corrected chi connectivity index (χ1v) is 17.9. The zero-order valence-corrected chi connectivity index (χ0v) is 32.7. The van der Waals surface area contributed by atoms with Crippen molar-refractivity contribution in [2.24, 2.45) is 0 Å². The molecule has 3 rings (SSSR count). The molecule has 60 heavy (non-hydrogen) atoms. The van der Waals surface area contributed by atoms with E-state index in [1.165, 1.54) is 72.3 Å². The number of carbonyl (C=O) groups is 6. The van der Waals surface area contributed by atoms with E-state index in [2.05, 4.69) is 0 Å². The van der Waals surface area contributed by atoms with Crippen molar-refractivity contribution in [2.45, 2.75) is 26.9 Å². The van der Waals surface area contributed by atoms with E-state index < -0.39 is 53.9 Å². The number of benzene rings is 3. The average molecular weight is 807 g/mol. The molecule has 0 aliphatic heterocycles. The molecule has 0 fully saturated rings. The predicted octanol–water partition coefficient (Wildman–Crippen LogP) is 6.03. The fourth-order valence-electron chi connectivity index (χ4n) is 4.84. The van der Waals surface area contributed by atoms with Gasteiger partial charge in [-0.3, -0.25) is 29.1 Å². The largest absolute Gasteiger partial charge is 0.457 e. The third-order valence-corrected chi connectivity index (χ3v) is 7.71. The molecular weight excluding hydrogens is 769 g/mol. The molecular formula is C45H38N6O9. The van der Waals surface area contributed by atoms with Gasteiger partial charge in [0.05, 0.1) is 0 Å². The van der Waals surface area contributed by atoms with Crippen molar-refractivity contribution >= 4 is 52.7 Å². The molecule has 3 aromatic rings. The molecule has 0 aliphatic rings. The minimum absolute atomic E-state index is 0.351. The molecule has 0 bridgehead atoms. The second-order valence-corrected chi connectivity index (χ2v) is 12.0. The SMILES string of the molecule is CC(=O)N(/C=C/C=C(/C#N)C(=O)OCC(COC(=O)/C(C#N)=C\C=C\N(C(C)=O)c1ccccc1)OC(=O)/C(C#N)=C\C=C\N(C(C)=O)c1ccccc1)c1ccccc1. The summed E-state index contributed by atoms with van der Waals surface area (Å²) in [6, 6.07) is 30.7. The number of allylic oxidation sites excluding steroid dienone is 6. The molecule has 3 aromatic carbocycles. The Kier molecular flexibility index (Phi) is 18.4. The fourth-order valence-corrected chi connectivity index (χ4v) is 4.84. The van der Waals surface area contributed by atoms with Gasteiger partial charge in [0.1, 0.15) is 48.1 Å². The lowest BCUT2D eigenvalue weighted by Crippen LogP contribution is -2.31. The Morgan fingerprint density at radius 1 is 0.500 bits per heavy atom. The van der Waals surface area contributed by atoms with Gasteiger partial charge in [0, 0.05) is 56.4 Å². The van der Waals surface area contributed by atoms with Gasteiger partial charge in [-0.05, 0) is 72.9 Å². The molecule has 0 aliphatic carbocycles. The van der Waals surface area contributed by atoms with Crippen LogP contribution in [0.5, 0.6) is 0 Å². The summed E-state index contributed by atoms with van der Waals surface area (Å²) < 4.78 is 15.8. The number of nitriles is 3. The number of carbonyl (C=O) groups excluding carboxylic acids is 6. The minimum Gasteiger partial charge on any atom is -0.457 e. The van der Waals surface area contributed by atoms with Crippen LogP contribution >= 0.6 is 0 Å². The van der Waals surface area contributed by atoms with Crippen LogP contribution in [0.2, 0.25) is 0 Å². The molecule has 0 saturated carbocycles. The van der Waals surface area contributed by atoms with Crippen molar-refractivity contribution in [3.8, 4) is 18.2 Å². The molecule has 0 spiro atoms. The van der Waals surface area contributed by atoms with Crippen LogP contribution in [0.1, 0.15) is 20.8 Å². The van der Waals surface area contributed by atoms with Gasteiger partial charge < -0.3 is 14.2 Å². The van der Waals surface area contributed by atoms with Crippen molar-refractivity contribution in [3.05, 3.63) is 163 Å². The summed E-state index contributed by atoms with van der Waals surface area (Å²) in [4.78, 5) is 79.5. The van der Waals surface area contributed by atoms with Crippen LogP contribution in [0.15, 0.2) is 163 Å². The number of nitrogens with zero attached hydrogens (tertiary/aromatic N) is 6. The molecule has 0 heterocycles. The van der Waals surface area contributed by atoms with E-state index in [1.807, 2.05) is 0 Å². The number of rotatable bonds is 17. The number of hydrogen-bond donors (Lipinski definition) is 0. The van der Waals surface area contributed by atoms with Gasteiger partial charge in [0.25, 0.3) is 0 Å². The van der Waals surface area contributed by atoms with E-state index in [9.17, 15) is 44.6 Å². The van der Waals surface area contributed by atoms with Crippen LogP contribution in [-0.2, 0) is 43.0 Å². The standard InChI is InChI=1S/C45H38N6O9/c1-33(52)49(39-19-7-4-8-20-39)25-13-16-36(28-46)43(55)58-31-42(60-45(57)38(30-48)18-15-27-51(35(3)54)41-23-11-6-12-24-41)32-59-44(56)37(29-47)17-14-26-50(34(2)53)40-21-9-5-10-22-40/h4-27,42H,31-32H2,1-3H3/b25-13+,26-14+,27-15+,36-16-,37-17-,38-18-. The van der Waals surface area contributed by atoms with Crippen molar-refractivity contribution in [1.29, 1.82) is 15.8 Å². The number of esters is 3. The third-order valence-electron chi connectivity index (χ3n) is 7.71. The number of anilines is 3. The maximum atomic E-state index is 13.2. The highest BCUT2D eigenvalue weighted by Crippen LogP contribution is 2.17. The van der Waals surface area contributed by atoms with Crippen molar-refractivity contribution < 1.29 is 43.0 Å². The van der Waals surface area contributed by atoms with Crippen molar-refractivity contribution in [2.75, 3.05) is 27.9 Å². The molecule has 0 saturated heterocycles. The first-order valence-electron chi connectivity index (χ1n) is 17.9. The van der Waals surface area contributed by atoms with E-state index in [0.717, 1.165) is 18.2 Å². The Hall–Kier alpha value is -8.61. The van der Waals surface area contributed by atoms with Gasteiger partial charge in [-0.25, -0.2) is 14.4 Å². The van der Waals surface area contributed by atoms with E-state index in [1.54, 1.807) is 109 Å². The molecule has 0 radical (unpaired) electrons. The Balaban J connectivity index is 1.83. The van der Waals surface area contributed by atoms with E-state index in [0.29, 0.717) is 17.1 Å². The van der Waals surface area contributed by atoms with Gasteiger partial charge >= 0.3 is 17.9 Å². The van der Waals surface area contributed by atoms with Crippen LogP contribution in [0, 0.1) is 34.0 Å². The number of ether oxygens (including phenoxy) is 3. The molecule has 0 aromatic heterocycles. The monoisotopic (exact) mass is 806 g/mol. The number of hydrogen-bond acceptors (Lipinski definition) is 12. The smallest absolute Gasteiger partial charge is 0.349 e. The molecule has 0 N–H and O–H groups in total. The predicted molar refractivity (Wildman–Crippen MR) is 219 cm³/mol. The van der Waals surface area contributed by atoms with Gasteiger partial charge in [0.2, 0.25) is 17.7 Å². The van der Waals surface area contributed by atoms with Gasteiger partial charge in [-0.2, -0.15) is 15.8 Å². The second kappa shape index (κ2) is 24.1.